The molecule has 3 nitrogen and oxygen atoms in total. The fraction of sp³-hybridized carbons (Fsp3) is 1.00. The highest BCUT2D eigenvalue weighted by molar-refractivity contribution is 4.93. The molecule has 1 aliphatic carbocycles. The lowest BCUT2D eigenvalue weighted by atomic mass is 9.98. The van der Waals surface area contributed by atoms with Crippen LogP contribution in [0.25, 0.3) is 0 Å². The van der Waals surface area contributed by atoms with Gasteiger partial charge in [-0.3, -0.25) is 4.90 Å². The molecule has 0 aromatic carbocycles. The number of rotatable bonds is 2. The summed E-state index contributed by atoms with van der Waals surface area (Å²) in [6, 6.07) is 0.748. The maximum atomic E-state index is 5.75. The van der Waals surface area contributed by atoms with E-state index in [0.29, 0.717) is 0 Å². The van der Waals surface area contributed by atoms with E-state index < -0.39 is 0 Å². The van der Waals surface area contributed by atoms with Crippen molar-refractivity contribution in [2.24, 2.45) is 11.7 Å². The van der Waals surface area contributed by atoms with Crippen LogP contribution in [0.1, 0.15) is 33.1 Å². The zero-order valence-corrected chi connectivity index (χ0v) is 10.0. The van der Waals surface area contributed by atoms with E-state index >= 15 is 0 Å². The smallest absolute Gasteiger partial charge is 0.0645 e. The predicted molar refractivity (Wildman–Crippen MR) is 61.8 cm³/mol. The highest BCUT2D eigenvalue weighted by Crippen LogP contribution is 2.33. The average Bonchev–Trinajstić information content (AvgIpc) is 2.65. The summed E-state index contributed by atoms with van der Waals surface area (Å²) in [6.07, 6.45) is 3.93. The minimum atomic E-state index is 0.215. The van der Waals surface area contributed by atoms with Crippen molar-refractivity contribution in [2.45, 2.75) is 44.7 Å². The SMILES string of the molecule is CC1(C)COCCN1C1CCC(CN)C1. The number of ether oxygens (including phenoxy) is 1. The van der Waals surface area contributed by atoms with Crippen molar-refractivity contribution in [3.05, 3.63) is 0 Å². The lowest BCUT2D eigenvalue weighted by Gasteiger charge is -2.45. The standard InChI is InChI=1S/C12H24N2O/c1-12(2)9-15-6-5-14(12)11-4-3-10(7-11)8-13/h10-11H,3-9,13H2,1-2H3. The highest BCUT2D eigenvalue weighted by Gasteiger charge is 2.38. The van der Waals surface area contributed by atoms with E-state index in [1.807, 2.05) is 0 Å². The molecule has 0 spiro atoms. The molecule has 0 radical (unpaired) electrons. The second kappa shape index (κ2) is 4.40. The first-order chi connectivity index (χ1) is 7.13. The summed E-state index contributed by atoms with van der Waals surface area (Å²) in [7, 11) is 0. The molecular weight excluding hydrogens is 188 g/mol. The van der Waals surface area contributed by atoms with Gasteiger partial charge < -0.3 is 10.5 Å². The van der Waals surface area contributed by atoms with Gasteiger partial charge >= 0.3 is 0 Å². The molecule has 0 aromatic heterocycles. The molecule has 2 N–H and O–H groups in total. The van der Waals surface area contributed by atoms with Gasteiger partial charge in [-0.1, -0.05) is 0 Å². The number of hydrogen-bond donors (Lipinski definition) is 1. The Labute approximate surface area is 93.0 Å². The molecule has 1 heterocycles. The predicted octanol–water partition coefficient (Wildman–Crippen LogP) is 1.22. The van der Waals surface area contributed by atoms with Crippen molar-refractivity contribution in [3.8, 4) is 0 Å². The second-order valence-corrected chi connectivity index (χ2v) is 5.63. The molecule has 2 fully saturated rings. The topological polar surface area (TPSA) is 38.5 Å². The van der Waals surface area contributed by atoms with Gasteiger partial charge in [-0.25, -0.2) is 0 Å². The average molecular weight is 212 g/mol. The van der Waals surface area contributed by atoms with Gasteiger partial charge in [0.15, 0.2) is 0 Å². The van der Waals surface area contributed by atoms with Gasteiger partial charge in [0.2, 0.25) is 0 Å². The molecule has 1 aliphatic heterocycles. The number of hydrogen-bond acceptors (Lipinski definition) is 3. The van der Waals surface area contributed by atoms with E-state index in [2.05, 4.69) is 18.7 Å². The molecule has 1 saturated carbocycles. The molecule has 2 unspecified atom stereocenters. The molecule has 2 atom stereocenters. The fourth-order valence-corrected chi connectivity index (χ4v) is 3.09. The summed E-state index contributed by atoms with van der Waals surface area (Å²) in [5.41, 5.74) is 5.96. The largest absolute Gasteiger partial charge is 0.378 e. The lowest BCUT2D eigenvalue weighted by molar-refractivity contribution is -0.0712. The molecule has 1 saturated heterocycles. The Bertz CT molecular complexity index is 218. The zero-order chi connectivity index (χ0) is 10.9. The molecule has 88 valence electrons. The summed E-state index contributed by atoms with van der Waals surface area (Å²) in [5.74, 6) is 0.758. The van der Waals surface area contributed by atoms with Gasteiger partial charge in [0.25, 0.3) is 0 Å². The number of nitrogens with zero attached hydrogens (tertiary/aromatic N) is 1. The summed E-state index contributed by atoms with van der Waals surface area (Å²) >= 11 is 0. The summed E-state index contributed by atoms with van der Waals surface area (Å²) in [6.45, 7) is 8.31. The van der Waals surface area contributed by atoms with Gasteiger partial charge in [0.05, 0.1) is 13.2 Å². The molecule has 2 aliphatic rings. The van der Waals surface area contributed by atoms with E-state index in [1.165, 1.54) is 19.3 Å². The van der Waals surface area contributed by atoms with Crippen LogP contribution in [-0.4, -0.2) is 42.8 Å². The quantitative estimate of drug-likeness (QED) is 0.748. The molecule has 3 heteroatoms. The highest BCUT2D eigenvalue weighted by atomic mass is 16.5. The van der Waals surface area contributed by atoms with Gasteiger partial charge in [-0.2, -0.15) is 0 Å². The minimum absolute atomic E-state index is 0.215. The summed E-state index contributed by atoms with van der Waals surface area (Å²) in [4.78, 5) is 2.64. The third-order valence-electron chi connectivity index (χ3n) is 4.00. The summed E-state index contributed by atoms with van der Waals surface area (Å²) < 4.78 is 5.56. The van der Waals surface area contributed by atoms with Crippen LogP contribution in [0.3, 0.4) is 0 Å². The van der Waals surface area contributed by atoms with E-state index in [1.54, 1.807) is 0 Å². The van der Waals surface area contributed by atoms with Crippen molar-refractivity contribution in [3.63, 3.8) is 0 Å². The first-order valence-corrected chi connectivity index (χ1v) is 6.18. The van der Waals surface area contributed by atoms with Crippen LogP contribution in [0.5, 0.6) is 0 Å². The molecule has 0 amide bonds. The Balaban J connectivity index is 1.97. The van der Waals surface area contributed by atoms with E-state index in [4.69, 9.17) is 10.5 Å². The Hall–Kier alpha value is -0.120. The van der Waals surface area contributed by atoms with E-state index in [-0.39, 0.29) is 5.54 Å². The fourth-order valence-electron chi connectivity index (χ4n) is 3.09. The Kier molecular flexibility index (Phi) is 3.33. The van der Waals surface area contributed by atoms with Crippen LogP contribution >= 0.6 is 0 Å². The monoisotopic (exact) mass is 212 g/mol. The Morgan fingerprint density at radius 2 is 2.20 bits per heavy atom. The van der Waals surface area contributed by atoms with Gasteiger partial charge in [0.1, 0.15) is 0 Å². The minimum Gasteiger partial charge on any atom is -0.378 e. The normalized spacial score (nSPS) is 37.0. The Morgan fingerprint density at radius 3 is 2.80 bits per heavy atom. The van der Waals surface area contributed by atoms with Crippen LogP contribution in [0.2, 0.25) is 0 Å². The maximum absolute atomic E-state index is 5.75. The third kappa shape index (κ3) is 2.35. The van der Waals surface area contributed by atoms with E-state index in [0.717, 1.165) is 38.3 Å². The molecular formula is C12H24N2O. The van der Waals surface area contributed by atoms with Gasteiger partial charge in [0, 0.05) is 18.1 Å². The maximum Gasteiger partial charge on any atom is 0.0645 e. The molecule has 0 bridgehead atoms. The molecule has 15 heavy (non-hydrogen) atoms. The van der Waals surface area contributed by atoms with Crippen molar-refractivity contribution in [2.75, 3.05) is 26.3 Å². The van der Waals surface area contributed by atoms with Crippen molar-refractivity contribution >= 4 is 0 Å². The third-order valence-corrected chi connectivity index (χ3v) is 4.00. The van der Waals surface area contributed by atoms with Crippen LogP contribution in [0.15, 0.2) is 0 Å². The van der Waals surface area contributed by atoms with Crippen LogP contribution in [0.4, 0.5) is 0 Å². The first-order valence-electron chi connectivity index (χ1n) is 6.18. The van der Waals surface area contributed by atoms with Crippen LogP contribution in [-0.2, 0) is 4.74 Å². The van der Waals surface area contributed by atoms with Gasteiger partial charge in [-0.05, 0) is 45.6 Å². The summed E-state index contributed by atoms with van der Waals surface area (Å²) in [5, 5.41) is 0. The van der Waals surface area contributed by atoms with E-state index in [9.17, 15) is 0 Å². The molecule has 2 rings (SSSR count). The van der Waals surface area contributed by atoms with Crippen molar-refractivity contribution in [1.82, 2.24) is 4.90 Å². The Morgan fingerprint density at radius 1 is 1.40 bits per heavy atom. The van der Waals surface area contributed by atoms with Crippen molar-refractivity contribution in [1.29, 1.82) is 0 Å². The zero-order valence-electron chi connectivity index (χ0n) is 10.0. The number of nitrogens with two attached hydrogens (primary N) is 1. The van der Waals surface area contributed by atoms with Gasteiger partial charge in [-0.15, -0.1) is 0 Å². The molecule has 0 aromatic rings. The lowest BCUT2D eigenvalue weighted by Crippen LogP contribution is -2.56. The first kappa shape index (κ1) is 11.4. The second-order valence-electron chi connectivity index (χ2n) is 5.63. The number of morpholine rings is 1. The van der Waals surface area contributed by atoms with Crippen LogP contribution < -0.4 is 5.73 Å². The van der Waals surface area contributed by atoms with Crippen molar-refractivity contribution < 1.29 is 4.74 Å². The van der Waals surface area contributed by atoms with Crippen LogP contribution in [0, 0.1) is 5.92 Å².